The fraction of sp³-hybridized carbons (Fsp3) is 0.833. The van der Waals surface area contributed by atoms with Crippen molar-refractivity contribution in [1.29, 1.82) is 0 Å². The van der Waals surface area contributed by atoms with Gasteiger partial charge in [0.2, 0.25) is 35.7 Å². The monoisotopic (exact) mass is 752 g/mol. The molecule has 8 fully saturated rings. The highest BCUT2D eigenvalue weighted by atomic mass is 19.4. The lowest BCUT2D eigenvalue weighted by atomic mass is 9.59. The van der Waals surface area contributed by atoms with Gasteiger partial charge in [0.05, 0.1) is 26.4 Å². The minimum Gasteiger partial charge on any atom is -0.456 e. The summed E-state index contributed by atoms with van der Waals surface area (Å²) in [6, 6.07) is 0. The minimum atomic E-state index is -4.79. The topological polar surface area (TPSA) is 92.3 Å². The summed E-state index contributed by atoms with van der Waals surface area (Å²) in [6.07, 6.45) is -4.64. The molecule has 8 heterocycles. The van der Waals surface area contributed by atoms with E-state index in [9.17, 15) is 26.3 Å². The summed E-state index contributed by atoms with van der Waals surface area (Å²) in [5, 5.41) is 0. The van der Waals surface area contributed by atoms with E-state index in [-0.39, 0.29) is 61.2 Å². The largest absolute Gasteiger partial charge is 0.456 e. The van der Waals surface area contributed by atoms with Crippen LogP contribution in [0.25, 0.3) is 0 Å². The number of allylic oxidation sites excluding steroid dienone is 2. The van der Waals surface area contributed by atoms with Crippen LogP contribution in [0.2, 0.25) is 0 Å². The Morgan fingerprint density at radius 1 is 0.615 bits per heavy atom. The molecule has 0 aromatic rings. The SMILES string of the molecule is C[C@@H]1CCC2C(COC/C=C/COCC3=C(C(F)(F)F)O[C@@H]4O[C@]5(C)CC[C@H]6[C@H](C)CCC3[C@@]46OO5)=C(C(F)(F)F)O[C@@H]3O[C@]4(C)CC[C@@H]1[C@@]23OO4. The van der Waals surface area contributed by atoms with Gasteiger partial charge >= 0.3 is 12.4 Å². The van der Waals surface area contributed by atoms with Crippen LogP contribution in [0.15, 0.2) is 34.8 Å². The zero-order chi connectivity index (χ0) is 36.9. The van der Waals surface area contributed by atoms with Gasteiger partial charge in [0.1, 0.15) is 0 Å². The highest BCUT2D eigenvalue weighted by Crippen LogP contribution is 2.63. The van der Waals surface area contributed by atoms with Gasteiger partial charge in [0.25, 0.3) is 0 Å². The third kappa shape index (κ3) is 5.84. The second kappa shape index (κ2) is 12.8. The zero-order valence-corrected chi connectivity index (χ0v) is 29.6. The quantitative estimate of drug-likeness (QED) is 0.106. The molecule has 2 spiro atoms. The molecule has 16 heteroatoms. The Hall–Kier alpha value is -1.92. The molecule has 2 unspecified atom stereocenters. The minimum absolute atomic E-state index is 0.0542. The van der Waals surface area contributed by atoms with E-state index in [1.54, 1.807) is 26.0 Å². The molecule has 10 aliphatic rings. The molecule has 6 saturated heterocycles. The van der Waals surface area contributed by atoms with E-state index in [4.69, 9.17) is 48.0 Å². The van der Waals surface area contributed by atoms with Gasteiger partial charge in [-0.1, -0.05) is 26.0 Å². The van der Waals surface area contributed by atoms with Gasteiger partial charge in [-0.3, -0.25) is 0 Å². The van der Waals surface area contributed by atoms with Crippen molar-refractivity contribution in [3.05, 3.63) is 34.8 Å². The average Bonchev–Trinajstić information content (AvgIpc) is 3.45. The lowest BCUT2D eigenvalue weighted by molar-refractivity contribution is -0.558. The second-order valence-electron chi connectivity index (χ2n) is 16.2. The molecule has 0 aromatic carbocycles. The Bertz CT molecular complexity index is 1390. The van der Waals surface area contributed by atoms with Gasteiger partial charge in [-0.05, 0) is 64.2 Å². The van der Waals surface area contributed by atoms with Crippen LogP contribution in [0.1, 0.15) is 79.1 Å². The van der Waals surface area contributed by atoms with Gasteiger partial charge < -0.3 is 28.4 Å². The van der Waals surface area contributed by atoms with E-state index in [0.29, 0.717) is 51.4 Å². The van der Waals surface area contributed by atoms with Crippen LogP contribution in [-0.4, -0.2) is 74.1 Å². The van der Waals surface area contributed by atoms with E-state index in [2.05, 4.69) is 13.8 Å². The number of fused-ring (bicyclic) bond motifs is 4. The smallest absolute Gasteiger partial charge is 0.449 e. The standard InChI is InChI=1S/C36H46F6O10/c1-19-7-9-25-21(27(35(37,38)39)45-29-33(25)23(19)11-13-31(3,47-29)49-51-33)17-43-15-5-6-16-44-18-22-26-10-8-20(2)24-12-14-32(4)48-30(34(24,26)52-50-32)46-28(22)36(40,41)42/h5-6,19-20,23-26,29-30H,7-18H2,1-4H3/b6-5+/t19-,20-,23+,24+,25?,26?,29-,30-,31+,32+,33-,34-/m1/s1. The Kier molecular flexibility index (Phi) is 9.13. The number of hydrogen-bond acceptors (Lipinski definition) is 10. The van der Waals surface area contributed by atoms with Crippen LogP contribution in [0.5, 0.6) is 0 Å². The summed E-state index contributed by atoms with van der Waals surface area (Å²) in [6.45, 7) is 6.48. The normalized spacial score (nSPS) is 45.7. The van der Waals surface area contributed by atoms with Crippen molar-refractivity contribution in [2.45, 2.75) is 127 Å². The van der Waals surface area contributed by atoms with E-state index in [0.717, 1.165) is 0 Å². The number of ether oxygens (including phenoxy) is 6. The van der Waals surface area contributed by atoms with E-state index >= 15 is 0 Å². The van der Waals surface area contributed by atoms with Crippen molar-refractivity contribution in [2.75, 3.05) is 26.4 Å². The van der Waals surface area contributed by atoms with Gasteiger partial charge in [-0.25, -0.2) is 19.6 Å². The van der Waals surface area contributed by atoms with E-state index in [1.165, 1.54) is 0 Å². The Balaban J connectivity index is 0.939. The van der Waals surface area contributed by atoms with Crippen LogP contribution in [-0.2, 0) is 48.0 Å². The Morgan fingerprint density at radius 2 is 1.02 bits per heavy atom. The highest BCUT2D eigenvalue weighted by molar-refractivity contribution is 5.30. The van der Waals surface area contributed by atoms with Crippen molar-refractivity contribution in [2.24, 2.45) is 35.5 Å². The summed E-state index contributed by atoms with van der Waals surface area (Å²) in [4.78, 5) is 23.4. The lowest BCUT2D eigenvalue weighted by Crippen LogP contribution is -2.67. The average molecular weight is 753 g/mol. The lowest BCUT2D eigenvalue weighted by Gasteiger charge is -2.57. The second-order valence-corrected chi connectivity index (χ2v) is 16.2. The van der Waals surface area contributed by atoms with Crippen LogP contribution < -0.4 is 0 Å². The summed E-state index contributed by atoms with van der Waals surface area (Å²) in [5.74, 6) is -6.10. The third-order valence-corrected chi connectivity index (χ3v) is 12.9. The molecule has 12 atom stereocenters. The maximum absolute atomic E-state index is 14.4. The molecule has 0 N–H and O–H groups in total. The van der Waals surface area contributed by atoms with Crippen LogP contribution in [0.4, 0.5) is 26.3 Å². The van der Waals surface area contributed by atoms with Crippen molar-refractivity contribution in [1.82, 2.24) is 0 Å². The molecule has 52 heavy (non-hydrogen) atoms. The van der Waals surface area contributed by atoms with Crippen LogP contribution in [0, 0.1) is 35.5 Å². The molecular weight excluding hydrogens is 706 g/mol. The van der Waals surface area contributed by atoms with Crippen LogP contribution >= 0.6 is 0 Å². The van der Waals surface area contributed by atoms with Crippen molar-refractivity contribution in [3.8, 4) is 0 Å². The number of hydrogen-bond donors (Lipinski definition) is 0. The predicted molar refractivity (Wildman–Crippen MR) is 165 cm³/mol. The first-order chi connectivity index (χ1) is 24.5. The number of rotatable bonds is 8. The molecule has 10 rings (SSSR count). The van der Waals surface area contributed by atoms with Crippen molar-refractivity contribution < 1.29 is 74.3 Å². The first-order valence-corrected chi connectivity index (χ1v) is 18.3. The highest BCUT2D eigenvalue weighted by Gasteiger charge is 2.72. The molecule has 0 aromatic heterocycles. The summed E-state index contributed by atoms with van der Waals surface area (Å²) < 4.78 is 121. The Morgan fingerprint density at radius 3 is 1.40 bits per heavy atom. The van der Waals surface area contributed by atoms with Crippen molar-refractivity contribution in [3.63, 3.8) is 0 Å². The molecule has 2 saturated carbocycles. The molecule has 8 aliphatic heterocycles. The first-order valence-electron chi connectivity index (χ1n) is 18.3. The van der Waals surface area contributed by atoms with Gasteiger partial charge in [-0.2, -0.15) is 26.3 Å². The van der Waals surface area contributed by atoms with E-state index < -0.39 is 71.1 Å². The van der Waals surface area contributed by atoms with Crippen LogP contribution in [0.3, 0.4) is 0 Å². The predicted octanol–water partition coefficient (Wildman–Crippen LogP) is 7.70. The van der Waals surface area contributed by atoms with Gasteiger partial charge in [0.15, 0.2) is 11.2 Å². The fourth-order valence-electron chi connectivity index (χ4n) is 10.4. The zero-order valence-electron chi connectivity index (χ0n) is 29.6. The third-order valence-electron chi connectivity index (χ3n) is 12.9. The molecule has 4 bridgehead atoms. The summed E-state index contributed by atoms with van der Waals surface area (Å²) >= 11 is 0. The van der Waals surface area contributed by atoms with E-state index in [1.807, 2.05) is 0 Å². The summed E-state index contributed by atoms with van der Waals surface area (Å²) in [5.41, 5.74) is -2.60. The number of halogens is 6. The van der Waals surface area contributed by atoms with Gasteiger partial charge in [-0.15, -0.1) is 0 Å². The molecule has 2 aliphatic carbocycles. The molecular formula is C36H46F6O10. The van der Waals surface area contributed by atoms with Gasteiger partial charge in [0, 0.05) is 47.7 Å². The molecule has 0 amide bonds. The first kappa shape index (κ1) is 37.0. The molecule has 292 valence electrons. The van der Waals surface area contributed by atoms with Crippen molar-refractivity contribution >= 4 is 0 Å². The molecule has 0 radical (unpaired) electrons. The summed E-state index contributed by atoms with van der Waals surface area (Å²) in [7, 11) is 0. The maximum atomic E-state index is 14.4. The number of alkyl halides is 6. The fourth-order valence-corrected chi connectivity index (χ4v) is 10.4. The Labute approximate surface area is 297 Å². The molecule has 10 nitrogen and oxygen atoms in total. The maximum Gasteiger partial charge on any atom is 0.449 e.